The van der Waals surface area contributed by atoms with Gasteiger partial charge in [-0.2, -0.15) is 0 Å². The van der Waals surface area contributed by atoms with Gasteiger partial charge in [-0.15, -0.1) is 0 Å². The van der Waals surface area contributed by atoms with Gasteiger partial charge in [0.15, 0.2) is 0 Å². The zero-order chi connectivity index (χ0) is 15.3. The number of rotatable bonds is 1. The molecule has 122 valence electrons. The molecule has 5 aliphatic rings. The van der Waals surface area contributed by atoms with E-state index in [4.69, 9.17) is 4.42 Å². The highest BCUT2D eigenvalue weighted by molar-refractivity contribution is 5.81. The lowest BCUT2D eigenvalue weighted by Crippen LogP contribution is -2.58. The average Bonchev–Trinajstić information content (AvgIpc) is 3.17. The fourth-order valence-electron chi connectivity index (χ4n) is 5.61. The van der Waals surface area contributed by atoms with Crippen LogP contribution in [0.2, 0.25) is 0 Å². The summed E-state index contributed by atoms with van der Waals surface area (Å²) in [6, 6.07) is 6.59. The largest absolute Gasteiger partial charge is 0.472 e. The second-order valence-corrected chi connectivity index (χ2v) is 8.09. The first kappa shape index (κ1) is 13.9. The Balaban J connectivity index is 1.31. The van der Waals surface area contributed by atoms with Crippen LogP contribution in [0, 0.1) is 11.8 Å². The number of piperazine rings is 1. The van der Waals surface area contributed by atoms with Crippen molar-refractivity contribution in [2.75, 3.05) is 44.2 Å². The second-order valence-electron chi connectivity index (χ2n) is 8.09. The van der Waals surface area contributed by atoms with E-state index in [0.717, 1.165) is 11.8 Å². The Kier molecular flexibility index (Phi) is 3.19. The smallest absolute Gasteiger partial charge is 0.0980 e. The van der Waals surface area contributed by atoms with Crippen molar-refractivity contribution >= 4 is 5.69 Å². The Bertz CT molecular complexity index is 639. The number of anilines is 1. The molecule has 1 spiro atoms. The molecule has 2 saturated heterocycles. The summed E-state index contributed by atoms with van der Waals surface area (Å²) in [7, 11) is 0. The molecule has 0 aromatic heterocycles. The number of fused-ring (bicyclic) bond motifs is 2. The van der Waals surface area contributed by atoms with Crippen LogP contribution in [0.3, 0.4) is 0 Å². The van der Waals surface area contributed by atoms with Crippen molar-refractivity contribution in [2.24, 2.45) is 11.8 Å². The summed E-state index contributed by atoms with van der Waals surface area (Å²) in [6.45, 7) is 8.06. The fraction of sp³-hybridized carbons (Fsp3) is 0.600. The Hall–Kier alpha value is -1.48. The zero-order valence-corrected chi connectivity index (χ0v) is 13.9. The summed E-state index contributed by atoms with van der Waals surface area (Å²) in [6.07, 6.45) is 9.64. The van der Waals surface area contributed by atoms with Gasteiger partial charge >= 0.3 is 0 Å². The van der Waals surface area contributed by atoms with E-state index in [9.17, 15) is 0 Å². The predicted molar refractivity (Wildman–Crippen MR) is 92.7 cm³/mol. The van der Waals surface area contributed by atoms with Gasteiger partial charge in [0.1, 0.15) is 0 Å². The molecule has 1 saturated carbocycles. The molecule has 3 heteroatoms. The van der Waals surface area contributed by atoms with Crippen LogP contribution in [0.15, 0.2) is 35.1 Å². The summed E-state index contributed by atoms with van der Waals surface area (Å²) in [5, 5.41) is 0. The van der Waals surface area contributed by atoms with Gasteiger partial charge in [0.2, 0.25) is 0 Å². The first-order chi connectivity index (χ1) is 11.3. The third-order valence-electron chi connectivity index (χ3n) is 6.86. The number of quaternary nitrogens is 1. The molecule has 23 heavy (non-hydrogen) atoms. The number of hydrogen-bond acceptors (Lipinski definition) is 2. The van der Waals surface area contributed by atoms with Gasteiger partial charge in [0, 0.05) is 28.7 Å². The molecular formula is C20H27N2O+. The first-order valence-corrected chi connectivity index (χ1v) is 9.38. The molecule has 0 amide bonds. The minimum atomic E-state index is 1.04. The van der Waals surface area contributed by atoms with E-state index in [1.165, 1.54) is 86.2 Å². The molecule has 2 unspecified atom stereocenters. The molecule has 5 rings (SSSR count). The summed E-state index contributed by atoms with van der Waals surface area (Å²) in [5.41, 5.74) is 3.98. The number of hydrogen-bond donors (Lipinski definition) is 0. The average molecular weight is 311 g/mol. The maximum atomic E-state index is 5.30. The lowest BCUT2D eigenvalue weighted by atomic mass is 9.82. The summed E-state index contributed by atoms with van der Waals surface area (Å²) >= 11 is 0. The molecule has 3 heterocycles. The molecule has 0 radical (unpaired) electrons. The molecule has 2 atom stereocenters. The van der Waals surface area contributed by atoms with E-state index in [1.54, 1.807) is 6.26 Å². The monoisotopic (exact) mass is 311 g/mol. The van der Waals surface area contributed by atoms with Crippen molar-refractivity contribution in [1.82, 2.24) is 0 Å². The molecule has 0 N–H and O–H groups in total. The Morgan fingerprint density at radius 1 is 0.957 bits per heavy atom. The first-order valence-electron chi connectivity index (χ1n) is 9.38. The second kappa shape index (κ2) is 5.27. The van der Waals surface area contributed by atoms with Gasteiger partial charge in [-0.25, -0.2) is 0 Å². The van der Waals surface area contributed by atoms with Crippen LogP contribution in [0.5, 0.6) is 0 Å². The molecule has 3 fully saturated rings. The van der Waals surface area contributed by atoms with Crippen molar-refractivity contribution in [3.8, 4) is 11.1 Å². The lowest BCUT2D eigenvalue weighted by Gasteiger charge is -2.43. The van der Waals surface area contributed by atoms with Crippen molar-refractivity contribution < 1.29 is 8.90 Å². The van der Waals surface area contributed by atoms with E-state index in [2.05, 4.69) is 23.1 Å². The van der Waals surface area contributed by atoms with E-state index in [1.807, 2.05) is 6.26 Å². The van der Waals surface area contributed by atoms with Crippen LogP contribution >= 0.6 is 0 Å². The molecule has 3 aliphatic heterocycles. The van der Waals surface area contributed by atoms with Crippen LogP contribution in [0.4, 0.5) is 5.69 Å². The number of nitrogens with zero attached hydrogens (tertiary/aromatic N) is 2. The van der Waals surface area contributed by atoms with E-state index in [-0.39, 0.29) is 0 Å². The molecule has 0 aromatic carbocycles. The highest BCUT2D eigenvalue weighted by atomic mass is 16.3. The van der Waals surface area contributed by atoms with Gasteiger partial charge < -0.3 is 13.8 Å². The standard InChI is InChI=1S/C20H27N2O/c1-2-4-17-14-22(13-16(17)3-1)10-8-21(9-11-22)20-6-5-18-15-23-12-7-19(18)20/h5-7,12,15-17H,1-4,8-11,13-14H2/q+1. The maximum absolute atomic E-state index is 5.30. The summed E-state index contributed by atoms with van der Waals surface area (Å²) in [4.78, 5) is 2.60. The Labute approximate surface area is 138 Å². The third kappa shape index (κ3) is 2.28. The normalized spacial score (nSPS) is 30.0. The Morgan fingerprint density at radius 3 is 2.43 bits per heavy atom. The minimum Gasteiger partial charge on any atom is -0.472 e. The highest BCUT2D eigenvalue weighted by Crippen LogP contribution is 2.41. The molecule has 3 nitrogen and oxygen atoms in total. The van der Waals surface area contributed by atoms with Crippen molar-refractivity contribution in [3.63, 3.8) is 0 Å². The van der Waals surface area contributed by atoms with Crippen LogP contribution < -0.4 is 4.90 Å². The van der Waals surface area contributed by atoms with E-state index < -0.39 is 0 Å². The van der Waals surface area contributed by atoms with Crippen molar-refractivity contribution in [2.45, 2.75) is 25.7 Å². The van der Waals surface area contributed by atoms with Crippen LogP contribution in [0.25, 0.3) is 11.1 Å². The molecule has 0 aromatic rings. The summed E-state index contributed by atoms with van der Waals surface area (Å²) in [5.74, 6) is 2.08. The van der Waals surface area contributed by atoms with Gasteiger partial charge in [-0.1, -0.05) is 12.8 Å². The van der Waals surface area contributed by atoms with E-state index >= 15 is 0 Å². The van der Waals surface area contributed by atoms with Gasteiger partial charge in [-0.05, 0) is 31.0 Å². The predicted octanol–water partition coefficient (Wildman–Crippen LogP) is 3.84. The molecule has 2 aliphatic carbocycles. The lowest BCUT2D eigenvalue weighted by molar-refractivity contribution is -0.919. The zero-order valence-electron chi connectivity index (χ0n) is 13.9. The fourth-order valence-corrected chi connectivity index (χ4v) is 5.61. The third-order valence-corrected chi connectivity index (χ3v) is 6.86. The Morgan fingerprint density at radius 2 is 1.70 bits per heavy atom. The van der Waals surface area contributed by atoms with Gasteiger partial charge in [-0.3, -0.25) is 0 Å². The minimum absolute atomic E-state index is 1.04. The van der Waals surface area contributed by atoms with Crippen molar-refractivity contribution in [3.05, 3.63) is 30.7 Å². The van der Waals surface area contributed by atoms with Gasteiger partial charge in [0.05, 0.1) is 51.8 Å². The van der Waals surface area contributed by atoms with Crippen LogP contribution in [-0.2, 0) is 0 Å². The molecule has 0 bridgehead atoms. The topological polar surface area (TPSA) is 16.4 Å². The van der Waals surface area contributed by atoms with Gasteiger partial charge in [0.25, 0.3) is 0 Å². The van der Waals surface area contributed by atoms with E-state index in [0.29, 0.717) is 0 Å². The summed E-state index contributed by atoms with van der Waals surface area (Å²) < 4.78 is 6.72. The van der Waals surface area contributed by atoms with Crippen LogP contribution in [0.1, 0.15) is 25.7 Å². The SMILES string of the molecule is c1cc2c(N3CC[N+]4(CC3)CC3CCCCC3C4)ccc-2co1. The highest BCUT2D eigenvalue weighted by Gasteiger charge is 2.47. The molecular weight excluding hydrogens is 284 g/mol. The quantitative estimate of drug-likeness (QED) is 0.744. The van der Waals surface area contributed by atoms with Crippen LogP contribution in [-0.4, -0.2) is 43.8 Å². The maximum Gasteiger partial charge on any atom is 0.0980 e. The van der Waals surface area contributed by atoms with Crippen molar-refractivity contribution in [1.29, 1.82) is 0 Å².